The summed E-state index contributed by atoms with van der Waals surface area (Å²) < 4.78 is 0. The molecular weight excluding hydrogens is 508 g/mol. The van der Waals surface area contributed by atoms with Crippen LogP contribution in [0.25, 0.3) is 0 Å². The highest BCUT2D eigenvalue weighted by atomic mass is 15.2. The van der Waals surface area contributed by atoms with Crippen LogP contribution in [-0.2, 0) is 19.3 Å². The first-order chi connectivity index (χ1) is 20.6. The van der Waals surface area contributed by atoms with Crippen LogP contribution in [0, 0.1) is 13.8 Å². The molecule has 212 valence electrons. The lowest BCUT2D eigenvalue weighted by Crippen LogP contribution is -2.14. The number of unbranched alkanes of at least 4 members (excludes halogenated alkanes) is 3. The van der Waals surface area contributed by atoms with E-state index in [9.17, 15) is 0 Å². The maximum atomic E-state index is 2.38. The Kier molecular flexibility index (Phi) is 8.42. The van der Waals surface area contributed by atoms with Crippen molar-refractivity contribution >= 4 is 34.1 Å². The molecule has 1 aliphatic rings. The Hall–Kier alpha value is -4.30. The van der Waals surface area contributed by atoms with E-state index in [2.05, 4.69) is 146 Å². The second-order valence-corrected chi connectivity index (χ2v) is 11.8. The first kappa shape index (κ1) is 27.8. The Bertz CT molecular complexity index is 1600. The van der Waals surface area contributed by atoms with Crippen LogP contribution in [0.4, 0.5) is 34.1 Å². The largest absolute Gasteiger partial charge is 0.311 e. The van der Waals surface area contributed by atoms with Gasteiger partial charge >= 0.3 is 0 Å². The molecule has 0 radical (unpaired) electrons. The van der Waals surface area contributed by atoms with Gasteiger partial charge in [-0.15, -0.1) is 0 Å². The molecular formula is C40H42N2. The molecule has 5 aromatic carbocycles. The smallest absolute Gasteiger partial charge is 0.0464 e. The fraction of sp³-hybridized carbons (Fsp3) is 0.250. The van der Waals surface area contributed by atoms with Gasteiger partial charge in [0.1, 0.15) is 0 Å². The summed E-state index contributed by atoms with van der Waals surface area (Å²) >= 11 is 0. The maximum Gasteiger partial charge on any atom is 0.0464 e. The third-order valence-corrected chi connectivity index (χ3v) is 8.58. The Balaban J connectivity index is 1.34. The zero-order valence-corrected chi connectivity index (χ0v) is 25.3. The van der Waals surface area contributed by atoms with Gasteiger partial charge in [-0.3, -0.25) is 0 Å². The van der Waals surface area contributed by atoms with Crippen LogP contribution in [0.5, 0.6) is 0 Å². The molecule has 1 aliphatic carbocycles. The molecule has 0 saturated carbocycles. The van der Waals surface area contributed by atoms with Gasteiger partial charge in [-0.1, -0.05) is 79.8 Å². The van der Waals surface area contributed by atoms with Crippen molar-refractivity contribution in [2.24, 2.45) is 0 Å². The number of anilines is 6. The van der Waals surface area contributed by atoms with Gasteiger partial charge in [-0.25, -0.2) is 0 Å². The molecule has 0 bridgehead atoms. The minimum Gasteiger partial charge on any atom is -0.311 e. The Morgan fingerprint density at radius 3 is 1.33 bits per heavy atom. The molecule has 0 aliphatic heterocycles. The van der Waals surface area contributed by atoms with Crippen LogP contribution < -0.4 is 9.80 Å². The van der Waals surface area contributed by atoms with E-state index in [0.29, 0.717) is 0 Å². The molecule has 0 unspecified atom stereocenters. The van der Waals surface area contributed by atoms with Crippen LogP contribution >= 0.6 is 0 Å². The quantitative estimate of drug-likeness (QED) is 0.151. The minimum atomic E-state index is 1.15. The van der Waals surface area contributed by atoms with Gasteiger partial charge in [0.05, 0.1) is 0 Å². The molecule has 0 heterocycles. The molecule has 42 heavy (non-hydrogen) atoms. The summed E-state index contributed by atoms with van der Waals surface area (Å²) in [5.41, 5.74) is 14.0. The minimum absolute atomic E-state index is 1.15. The van der Waals surface area contributed by atoms with Crippen molar-refractivity contribution in [3.63, 3.8) is 0 Å². The summed E-state index contributed by atoms with van der Waals surface area (Å²) in [6.07, 6.45) is 8.69. The van der Waals surface area contributed by atoms with E-state index in [4.69, 9.17) is 0 Å². The molecule has 0 saturated heterocycles. The second kappa shape index (κ2) is 12.7. The predicted octanol–water partition coefficient (Wildman–Crippen LogP) is 11.5. The predicted molar refractivity (Wildman–Crippen MR) is 181 cm³/mol. The summed E-state index contributed by atoms with van der Waals surface area (Å²) in [5.74, 6) is 0. The monoisotopic (exact) mass is 550 g/mol. The van der Waals surface area contributed by atoms with Crippen molar-refractivity contribution < 1.29 is 0 Å². The number of fused-ring (bicyclic) bond motifs is 1. The summed E-state index contributed by atoms with van der Waals surface area (Å²) in [7, 11) is 0. The van der Waals surface area contributed by atoms with E-state index in [1.165, 1.54) is 89.1 Å². The van der Waals surface area contributed by atoms with Gasteiger partial charge in [0.15, 0.2) is 0 Å². The molecule has 2 heteroatoms. The van der Waals surface area contributed by atoms with Crippen LogP contribution in [0.1, 0.15) is 60.4 Å². The third-order valence-electron chi connectivity index (χ3n) is 8.58. The highest BCUT2D eigenvalue weighted by Gasteiger charge is 2.19. The van der Waals surface area contributed by atoms with Gasteiger partial charge < -0.3 is 9.80 Å². The molecule has 0 atom stereocenters. The fourth-order valence-corrected chi connectivity index (χ4v) is 5.92. The normalized spacial score (nSPS) is 12.0. The summed E-state index contributed by atoms with van der Waals surface area (Å²) in [4.78, 5) is 4.75. The zero-order chi connectivity index (χ0) is 28.9. The summed E-state index contributed by atoms with van der Waals surface area (Å²) in [6.45, 7) is 6.56. The number of nitrogens with zero attached hydrogens (tertiary/aromatic N) is 2. The average molecular weight is 551 g/mol. The van der Waals surface area contributed by atoms with Crippen molar-refractivity contribution in [2.45, 2.75) is 65.7 Å². The van der Waals surface area contributed by atoms with Crippen LogP contribution in [0.2, 0.25) is 0 Å². The lowest BCUT2D eigenvalue weighted by Gasteiger charge is -2.30. The number of rotatable bonds is 11. The van der Waals surface area contributed by atoms with Crippen molar-refractivity contribution in [3.05, 3.63) is 143 Å². The standard InChI is InChI=1S/C40H42N2/c1-4-5-6-7-8-32-13-22-37(23-14-32)41(35-18-9-30(2)10-19-35)38-25-27-39(28-26-38)42(36-20-11-31(3)12-21-36)40-24-17-33-15-16-34(33)29-40/h9-14,17-29H,4-8,15-16H2,1-3H3. The zero-order valence-electron chi connectivity index (χ0n) is 25.3. The van der Waals surface area contributed by atoms with E-state index >= 15 is 0 Å². The van der Waals surface area contributed by atoms with Gasteiger partial charge in [-0.05, 0) is 129 Å². The molecule has 0 spiro atoms. The van der Waals surface area contributed by atoms with Crippen molar-refractivity contribution in [2.75, 3.05) is 9.80 Å². The molecule has 2 nitrogen and oxygen atoms in total. The highest BCUT2D eigenvalue weighted by Crippen LogP contribution is 2.40. The number of hydrogen-bond acceptors (Lipinski definition) is 2. The highest BCUT2D eigenvalue weighted by molar-refractivity contribution is 5.81. The maximum absolute atomic E-state index is 2.38. The lowest BCUT2D eigenvalue weighted by molar-refractivity contribution is 0.667. The summed E-state index contributed by atoms with van der Waals surface area (Å²) in [5, 5.41) is 0. The first-order valence-corrected chi connectivity index (χ1v) is 15.6. The summed E-state index contributed by atoms with van der Waals surface area (Å²) in [6, 6.07) is 42.9. The SMILES string of the molecule is CCCCCCc1ccc(N(c2ccc(C)cc2)c2ccc(N(c3ccc(C)cc3)c3ccc4c(c3)CC4)cc2)cc1. The van der Waals surface area contributed by atoms with Gasteiger partial charge in [-0.2, -0.15) is 0 Å². The van der Waals surface area contributed by atoms with E-state index in [1.54, 1.807) is 0 Å². The molecule has 0 amide bonds. The van der Waals surface area contributed by atoms with E-state index < -0.39 is 0 Å². The molecule has 0 aromatic heterocycles. The fourth-order valence-electron chi connectivity index (χ4n) is 5.92. The Morgan fingerprint density at radius 2 is 0.881 bits per heavy atom. The van der Waals surface area contributed by atoms with Gasteiger partial charge in [0.25, 0.3) is 0 Å². The second-order valence-electron chi connectivity index (χ2n) is 11.8. The van der Waals surface area contributed by atoms with Crippen molar-refractivity contribution in [1.29, 1.82) is 0 Å². The molecule has 6 rings (SSSR count). The van der Waals surface area contributed by atoms with E-state index in [1.807, 2.05) is 0 Å². The average Bonchev–Trinajstić information content (AvgIpc) is 3.00. The Labute approximate surface area is 252 Å². The topological polar surface area (TPSA) is 6.48 Å². The molecule has 5 aromatic rings. The third kappa shape index (κ3) is 6.14. The lowest BCUT2D eigenvalue weighted by atomic mass is 9.88. The number of benzene rings is 5. The van der Waals surface area contributed by atoms with Crippen molar-refractivity contribution in [3.8, 4) is 0 Å². The van der Waals surface area contributed by atoms with Gasteiger partial charge in [0.2, 0.25) is 0 Å². The number of aryl methyl sites for hydroxylation is 5. The van der Waals surface area contributed by atoms with Crippen LogP contribution in [0.3, 0.4) is 0 Å². The van der Waals surface area contributed by atoms with Crippen LogP contribution in [-0.4, -0.2) is 0 Å². The Morgan fingerprint density at radius 1 is 0.452 bits per heavy atom. The van der Waals surface area contributed by atoms with E-state index in [-0.39, 0.29) is 0 Å². The first-order valence-electron chi connectivity index (χ1n) is 15.6. The van der Waals surface area contributed by atoms with Gasteiger partial charge in [0, 0.05) is 34.1 Å². The van der Waals surface area contributed by atoms with E-state index in [0.717, 1.165) is 17.8 Å². The molecule has 0 N–H and O–H groups in total. The number of hydrogen-bond donors (Lipinski definition) is 0. The van der Waals surface area contributed by atoms with Crippen LogP contribution in [0.15, 0.2) is 115 Å². The molecule has 0 fully saturated rings. The van der Waals surface area contributed by atoms with Crippen molar-refractivity contribution in [1.82, 2.24) is 0 Å².